The number of amides is 1. The first-order chi connectivity index (χ1) is 12.2. The van der Waals surface area contributed by atoms with Gasteiger partial charge in [-0.15, -0.1) is 0 Å². The standard InChI is InChI=1S/C17H21N7O/c1-3-4-8-24-17(12(2)10-19-24)21-15(25)9-14-20-16(23-22-14)13-6-5-7-18-11-13/h5-7,10-11H,3-4,8-9H2,1-2H3,(H,21,25)(H,20,22,23). The van der Waals surface area contributed by atoms with Crippen LogP contribution in [0.5, 0.6) is 0 Å². The molecule has 0 saturated heterocycles. The van der Waals surface area contributed by atoms with E-state index in [4.69, 9.17) is 0 Å². The molecule has 0 aliphatic heterocycles. The van der Waals surface area contributed by atoms with Gasteiger partial charge in [0.2, 0.25) is 5.91 Å². The Morgan fingerprint density at radius 1 is 1.36 bits per heavy atom. The van der Waals surface area contributed by atoms with Gasteiger partial charge in [0.25, 0.3) is 0 Å². The lowest BCUT2D eigenvalue weighted by molar-refractivity contribution is -0.115. The van der Waals surface area contributed by atoms with Crippen LogP contribution >= 0.6 is 0 Å². The summed E-state index contributed by atoms with van der Waals surface area (Å²) in [5.74, 6) is 1.62. The second-order valence-corrected chi connectivity index (χ2v) is 5.83. The molecule has 8 nitrogen and oxygen atoms in total. The Balaban J connectivity index is 1.66. The maximum Gasteiger partial charge on any atom is 0.233 e. The number of pyridine rings is 1. The zero-order valence-corrected chi connectivity index (χ0v) is 14.4. The fourth-order valence-corrected chi connectivity index (χ4v) is 2.45. The van der Waals surface area contributed by atoms with Crippen molar-refractivity contribution >= 4 is 11.7 Å². The smallest absolute Gasteiger partial charge is 0.233 e. The fraction of sp³-hybridized carbons (Fsp3) is 0.353. The number of H-pyrrole nitrogens is 1. The molecular weight excluding hydrogens is 318 g/mol. The molecule has 3 aromatic rings. The predicted molar refractivity (Wildman–Crippen MR) is 93.8 cm³/mol. The summed E-state index contributed by atoms with van der Waals surface area (Å²) < 4.78 is 1.83. The van der Waals surface area contributed by atoms with Crippen molar-refractivity contribution in [1.82, 2.24) is 29.9 Å². The highest BCUT2D eigenvalue weighted by atomic mass is 16.1. The van der Waals surface area contributed by atoms with Gasteiger partial charge in [0.05, 0.1) is 12.6 Å². The van der Waals surface area contributed by atoms with E-state index in [-0.39, 0.29) is 12.3 Å². The van der Waals surface area contributed by atoms with Crippen LogP contribution in [0.1, 0.15) is 31.2 Å². The number of hydrogen-bond acceptors (Lipinski definition) is 5. The van der Waals surface area contributed by atoms with E-state index < -0.39 is 0 Å². The molecule has 0 radical (unpaired) electrons. The molecule has 0 fully saturated rings. The molecule has 130 valence electrons. The van der Waals surface area contributed by atoms with Crippen LogP contribution in [-0.4, -0.2) is 35.9 Å². The maximum absolute atomic E-state index is 12.4. The van der Waals surface area contributed by atoms with E-state index in [0.717, 1.165) is 36.3 Å². The Morgan fingerprint density at radius 2 is 2.24 bits per heavy atom. The van der Waals surface area contributed by atoms with Crippen LogP contribution in [-0.2, 0) is 17.8 Å². The van der Waals surface area contributed by atoms with Crippen molar-refractivity contribution in [1.29, 1.82) is 0 Å². The number of hydrogen-bond donors (Lipinski definition) is 2. The quantitative estimate of drug-likeness (QED) is 0.688. The van der Waals surface area contributed by atoms with Gasteiger partial charge in [-0.3, -0.25) is 14.9 Å². The number of nitrogens with zero attached hydrogens (tertiary/aromatic N) is 5. The van der Waals surface area contributed by atoms with Gasteiger partial charge in [-0.1, -0.05) is 13.3 Å². The van der Waals surface area contributed by atoms with Gasteiger partial charge in [0, 0.05) is 30.1 Å². The summed E-state index contributed by atoms with van der Waals surface area (Å²) in [6.45, 7) is 4.84. The first-order valence-electron chi connectivity index (χ1n) is 8.31. The first kappa shape index (κ1) is 16.8. The van der Waals surface area contributed by atoms with Crippen LogP contribution in [0, 0.1) is 6.92 Å². The summed E-state index contributed by atoms with van der Waals surface area (Å²) in [5, 5.41) is 14.2. The third-order valence-electron chi connectivity index (χ3n) is 3.78. The Bertz CT molecular complexity index is 838. The van der Waals surface area contributed by atoms with Crippen molar-refractivity contribution < 1.29 is 4.79 Å². The minimum Gasteiger partial charge on any atom is -0.310 e. The molecule has 0 aliphatic rings. The maximum atomic E-state index is 12.4. The van der Waals surface area contributed by atoms with Crippen molar-refractivity contribution in [2.24, 2.45) is 0 Å². The third kappa shape index (κ3) is 4.09. The van der Waals surface area contributed by atoms with Gasteiger partial charge in [-0.2, -0.15) is 10.2 Å². The Morgan fingerprint density at radius 3 is 3.00 bits per heavy atom. The predicted octanol–water partition coefficient (Wildman–Crippen LogP) is 2.35. The second-order valence-electron chi connectivity index (χ2n) is 5.83. The number of aromatic nitrogens is 6. The lowest BCUT2D eigenvalue weighted by atomic mass is 10.3. The lowest BCUT2D eigenvalue weighted by Gasteiger charge is -2.09. The van der Waals surface area contributed by atoms with E-state index in [1.165, 1.54) is 0 Å². The van der Waals surface area contributed by atoms with E-state index in [1.54, 1.807) is 18.6 Å². The highest BCUT2D eigenvalue weighted by Crippen LogP contribution is 2.16. The van der Waals surface area contributed by atoms with E-state index >= 15 is 0 Å². The van der Waals surface area contributed by atoms with E-state index in [0.29, 0.717) is 11.6 Å². The van der Waals surface area contributed by atoms with Gasteiger partial charge in [-0.25, -0.2) is 9.67 Å². The molecule has 0 aliphatic carbocycles. The summed E-state index contributed by atoms with van der Waals surface area (Å²) >= 11 is 0. The molecule has 2 N–H and O–H groups in total. The van der Waals surface area contributed by atoms with Gasteiger partial charge < -0.3 is 5.32 Å². The van der Waals surface area contributed by atoms with Gasteiger partial charge in [0.15, 0.2) is 5.82 Å². The number of carbonyl (C=O) groups is 1. The topological polar surface area (TPSA) is 101 Å². The van der Waals surface area contributed by atoms with Crippen LogP contribution in [0.3, 0.4) is 0 Å². The Hall–Kier alpha value is -3.03. The molecule has 3 aromatic heterocycles. The normalized spacial score (nSPS) is 10.8. The molecule has 0 unspecified atom stereocenters. The van der Waals surface area contributed by atoms with Gasteiger partial charge in [0.1, 0.15) is 11.6 Å². The van der Waals surface area contributed by atoms with Crippen molar-refractivity contribution in [3.05, 3.63) is 42.1 Å². The molecule has 8 heteroatoms. The molecule has 0 spiro atoms. The Labute approximate surface area is 145 Å². The summed E-state index contributed by atoms with van der Waals surface area (Å²) in [6.07, 6.45) is 7.34. The van der Waals surface area contributed by atoms with Crippen LogP contribution in [0.15, 0.2) is 30.7 Å². The molecule has 1 amide bonds. The first-order valence-corrected chi connectivity index (χ1v) is 8.31. The molecule has 0 bridgehead atoms. The second kappa shape index (κ2) is 7.69. The number of nitrogens with one attached hydrogen (secondary N) is 2. The molecule has 0 aromatic carbocycles. The monoisotopic (exact) mass is 339 g/mol. The Kier molecular flexibility index (Phi) is 5.17. The van der Waals surface area contributed by atoms with Crippen LogP contribution in [0.4, 0.5) is 5.82 Å². The van der Waals surface area contributed by atoms with Crippen molar-refractivity contribution in [2.75, 3.05) is 5.32 Å². The van der Waals surface area contributed by atoms with Crippen LogP contribution in [0.25, 0.3) is 11.4 Å². The number of carbonyl (C=O) groups excluding carboxylic acids is 1. The van der Waals surface area contributed by atoms with Crippen molar-refractivity contribution in [3.8, 4) is 11.4 Å². The van der Waals surface area contributed by atoms with E-state index in [1.807, 2.05) is 23.7 Å². The zero-order valence-electron chi connectivity index (χ0n) is 14.4. The summed E-state index contributed by atoms with van der Waals surface area (Å²) in [4.78, 5) is 20.7. The number of rotatable bonds is 7. The number of unbranched alkanes of at least 4 members (excludes halogenated alkanes) is 1. The largest absolute Gasteiger partial charge is 0.310 e. The third-order valence-corrected chi connectivity index (χ3v) is 3.78. The van der Waals surface area contributed by atoms with Gasteiger partial charge in [-0.05, 0) is 25.5 Å². The molecule has 0 atom stereocenters. The van der Waals surface area contributed by atoms with Crippen LogP contribution < -0.4 is 5.32 Å². The average molecular weight is 339 g/mol. The van der Waals surface area contributed by atoms with E-state index in [2.05, 4.69) is 37.5 Å². The van der Waals surface area contributed by atoms with Gasteiger partial charge >= 0.3 is 0 Å². The van der Waals surface area contributed by atoms with Crippen LogP contribution in [0.2, 0.25) is 0 Å². The summed E-state index contributed by atoms with van der Waals surface area (Å²) in [5.41, 5.74) is 1.75. The molecule has 3 rings (SSSR count). The molecule has 3 heterocycles. The van der Waals surface area contributed by atoms with E-state index in [9.17, 15) is 4.79 Å². The number of aryl methyl sites for hydroxylation is 2. The molecular formula is C17H21N7O. The fourth-order valence-electron chi connectivity index (χ4n) is 2.45. The minimum atomic E-state index is -0.157. The molecule has 0 saturated carbocycles. The molecule has 25 heavy (non-hydrogen) atoms. The van der Waals surface area contributed by atoms with Crippen molar-refractivity contribution in [2.45, 2.75) is 39.7 Å². The highest BCUT2D eigenvalue weighted by molar-refractivity contribution is 5.91. The number of aromatic amines is 1. The SMILES string of the molecule is CCCCn1ncc(C)c1NC(=O)Cc1nc(-c2cccnc2)n[nH]1. The summed E-state index contributed by atoms with van der Waals surface area (Å²) in [6, 6.07) is 3.69. The highest BCUT2D eigenvalue weighted by Gasteiger charge is 2.14. The van der Waals surface area contributed by atoms with Crippen molar-refractivity contribution in [3.63, 3.8) is 0 Å². The minimum absolute atomic E-state index is 0.117. The average Bonchev–Trinajstić information content (AvgIpc) is 3.22. The number of anilines is 1. The summed E-state index contributed by atoms with van der Waals surface area (Å²) in [7, 11) is 0. The zero-order chi connectivity index (χ0) is 17.6. The lowest BCUT2D eigenvalue weighted by Crippen LogP contribution is -2.19.